The zero-order chi connectivity index (χ0) is 13.7. The van der Waals surface area contributed by atoms with Crippen molar-refractivity contribution < 1.29 is 4.74 Å². The van der Waals surface area contributed by atoms with E-state index in [4.69, 9.17) is 10.5 Å². The van der Waals surface area contributed by atoms with Crippen molar-refractivity contribution in [3.05, 3.63) is 51.7 Å². The second-order valence-corrected chi connectivity index (χ2v) is 5.53. The predicted octanol–water partition coefficient (Wildman–Crippen LogP) is 3.76. The van der Waals surface area contributed by atoms with E-state index in [-0.39, 0.29) is 6.04 Å². The van der Waals surface area contributed by atoms with Crippen LogP contribution < -0.4 is 10.5 Å². The Labute approximate surface area is 127 Å². The summed E-state index contributed by atoms with van der Waals surface area (Å²) in [6, 6.07) is 12.0. The third kappa shape index (κ3) is 3.91. The molecule has 0 aliphatic heterocycles. The molecular weight excluding hydrogens is 351 g/mol. The summed E-state index contributed by atoms with van der Waals surface area (Å²) >= 11 is 2.25. The maximum atomic E-state index is 6.01. The number of nitrogens with zero attached hydrogens (tertiary/aromatic N) is 1. The molecule has 1 atom stereocenters. The van der Waals surface area contributed by atoms with Crippen molar-refractivity contribution in [1.82, 2.24) is 4.98 Å². The molecule has 1 aromatic heterocycles. The van der Waals surface area contributed by atoms with E-state index in [0.29, 0.717) is 5.88 Å². The molecule has 0 aliphatic carbocycles. The Kier molecular flexibility index (Phi) is 5.15. The molecule has 2 rings (SSSR count). The second kappa shape index (κ2) is 6.86. The Bertz CT molecular complexity index is 545. The highest BCUT2D eigenvalue weighted by Gasteiger charge is 2.10. The summed E-state index contributed by atoms with van der Waals surface area (Å²) in [6.45, 7) is 2.09. The van der Waals surface area contributed by atoms with Gasteiger partial charge in [-0.25, -0.2) is 4.98 Å². The molecular formula is C15H17IN2O. The molecule has 0 bridgehead atoms. The van der Waals surface area contributed by atoms with E-state index in [1.165, 1.54) is 0 Å². The first kappa shape index (κ1) is 14.3. The first-order chi connectivity index (χ1) is 9.20. The van der Waals surface area contributed by atoms with Crippen LogP contribution in [-0.4, -0.2) is 11.0 Å². The van der Waals surface area contributed by atoms with Gasteiger partial charge in [0.25, 0.3) is 0 Å². The number of halogens is 1. The topological polar surface area (TPSA) is 48.1 Å². The molecule has 1 heterocycles. The molecule has 2 N–H and O–H groups in total. The Balaban J connectivity index is 2.23. The third-order valence-corrected chi connectivity index (χ3v) is 3.79. The van der Waals surface area contributed by atoms with Gasteiger partial charge in [0.15, 0.2) is 0 Å². The van der Waals surface area contributed by atoms with Crippen molar-refractivity contribution >= 4 is 22.6 Å². The summed E-state index contributed by atoms with van der Waals surface area (Å²) in [5, 5.41) is 0. The van der Waals surface area contributed by atoms with Crippen molar-refractivity contribution in [1.29, 1.82) is 0 Å². The normalized spacial score (nSPS) is 12.2. The molecule has 0 saturated carbocycles. The molecule has 100 valence electrons. The number of pyridine rings is 1. The number of benzene rings is 1. The maximum Gasteiger partial charge on any atom is 0.222 e. The molecule has 1 aromatic carbocycles. The summed E-state index contributed by atoms with van der Waals surface area (Å²) in [6.07, 6.45) is 3.46. The van der Waals surface area contributed by atoms with Crippen molar-refractivity contribution in [2.24, 2.45) is 5.73 Å². The van der Waals surface area contributed by atoms with Crippen LogP contribution in [0.15, 0.2) is 42.6 Å². The monoisotopic (exact) mass is 368 g/mol. The van der Waals surface area contributed by atoms with E-state index in [1.807, 2.05) is 36.4 Å². The fourth-order valence-electron chi connectivity index (χ4n) is 1.73. The van der Waals surface area contributed by atoms with Crippen LogP contribution in [0, 0.1) is 3.57 Å². The molecule has 0 saturated heterocycles. The van der Waals surface area contributed by atoms with Gasteiger partial charge in [0, 0.05) is 17.8 Å². The molecule has 0 amide bonds. The number of aromatic nitrogens is 1. The smallest absolute Gasteiger partial charge is 0.222 e. The van der Waals surface area contributed by atoms with Gasteiger partial charge in [-0.2, -0.15) is 0 Å². The minimum Gasteiger partial charge on any atom is -0.438 e. The Hall–Kier alpha value is -1.14. The first-order valence-corrected chi connectivity index (χ1v) is 7.40. The fraction of sp³-hybridized carbons (Fsp3) is 0.267. The molecule has 0 radical (unpaired) electrons. The minimum atomic E-state index is 0.140. The molecule has 3 nitrogen and oxygen atoms in total. The van der Waals surface area contributed by atoms with Crippen LogP contribution in [0.4, 0.5) is 0 Å². The largest absolute Gasteiger partial charge is 0.438 e. The molecule has 4 heteroatoms. The summed E-state index contributed by atoms with van der Waals surface area (Å²) in [7, 11) is 0. The lowest BCUT2D eigenvalue weighted by Crippen LogP contribution is -2.21. The third-order valence-electron chi connectivity index (χ3n) is 2.90. The number of para-hydroxylation sites is 1. The number of ether oxygens (including phenoxy) is 1. The van der Waals surface area contributed by atoms with Crippen LogP contribution in [-0.2, 0) is 6.42 Å². The van der Waals surface area contributed by atoms with Gasteiger partial charge < -0.3 is 10.5 Å². The Morgan fingerprint density at radius 3 is 2.79 bits per heavy atom. The van der Waals surface area contributed by atoms with Crippen molar-refractivity contribution in [3.8, 4) is 11.6 Å². The lowest BCUT2D eigenvalue weighted by molar-refractivity contribution is 0.449. The highest BCUT2D eigenvalue weighted by Crippen LogP contribution is 2.27. The second-order valence-electron chi connectivity index (χ2n) is 4.37. The van der Waals surface area contributed by atoms with Crippen LogP contribution in [0.2, 0.25) is 0 Å². The van der Waals surface area contributed by atoms with Crippen molar-refractivity contribution in [3.63, 3.8) is 0 Å². The molecule has 1 unspecified atom stereocenters. The zero-order valence-electron chi connectivity index (χ0n) is 10.8. The fourth-order valence-corrected chi connectivity index (χ4v) is 2.23. The highest BCUT2D eigenvalue weighted by molar-refractivity contribution is 14.1. The summed E-state index contributed by atoms with van der Waals surface area (Å²) < 4.78 is 6.98. The summed E-state index contributed by atoms with van der Waals surface area (Å²) in [5.41, 5.74) is 7.06. The number of hydrogen-bond acceptors (Lipinski definition) is 3. The zero-order valence-corrected chi connectivity index (χ0v) is 13.0. The predicted molar refractivity (Wildman–Crippen MR) is 85.4 cm³/mol. The number of hydrogen-bond donors (Lipinski definition) is 1. The average molecular weight is 368 g/mol. The van der Waals surface area contributed by atoms with Gasteiger partial charge in [0.2, 0.25) is 5.88 Å². The van der Waals surface area contributed by atoms with E-state index >= 15 is 0 Å². The van der Waals surface area contributed by atoms with Gasteiger partial charge in [-0.15, -0.1) is 0 Å². The SMILES string of the molecule is CCC(N)Cc1cccnc1Oc1ccccc1I. The van der Waals surface area contributed by atoms with Gasteiger partial charge in [-0.05, 0) is 53.6 Å². The van der Waals surface area contributed by atoms with Gasteiger partial charge in [0.1, 0.15) is 5.75 Å². The van der Waals surface area contributed by atoms with Crippen molar-refractivity contribution in [2.45, 2.75) is 25.8 Å². The highest BCUT2D eigenvalue weighted by atomic mass is 127. The maximum absolute atomic E-state index is 6.01. The van der Waals surface area contributed by atoms with E-state index < -0.39 is 0 Å². The van der Waals surface area contributed by atoms with Crippen LogP contribution in [0.3, 0.4) is 0 Å². The van der Waals surface area contributed by atoms with Crippen LogP contribution in [0.5, 0.6) is 11.6 Å². The molecule has 2 aromatic rings. The summed E-state index contributed by atoms with van der Waals surface area (Å²) in [4.78, 5) is 4.32. The molecule has 0 fully saturated rings. The lowest BCUT2D eigenvalue weighted by Gasteiger charge is -2.13. The van der Waals surface area contributed by atoms with Gasteiger partial charge in [-0.1, -0.05) is 25.1 Å². The molecule has 0 aliphatic rings. The van der Waals surface area contributed by atoms with Crippen molar-refractivity contribution in [2.75, 3.05) is 0 Å². The quantitative estimate of drug-likeness (QED) is 0.818. The molecule has 0 spiro atoms. The minimum absolute atomic E-state index is 0.140. The van der Waals surface area contributed by atoms with E-state index in [2.05, 4.69) is 34.5 Å². The standard InChI is InChI=1S/C15H17IN2O/c1-2-12(17)10-11-6-5-9-18-15(11)19-14-8-4-3-7-13(14)16/h3-9,12H,2,10,17H2,1H3. The average Bonchev–Trinajstić information content (AvgIpc) is 2.43. The van der Waals surface area contributed by atoms with Crippen LogP contribution in [0.1, 0.15) is 18.9 Å². The summed E-state index contributed by atoms with van der Waals surface area (Å²) in [5.74, 6) is 1.48. The van der Waals surface area contributed by atoms with E-state index in [0.717, 1.165) is 27.7 Å². The van der Waals surface area contributed by atoms with Crippen LogP contribution in [0.25, 0.3) is 0 Å². The Morgan fingerprint density at radius 1 is 1.26 bits per heavy atom. The van der Waals surface area contributed by atoms with E-state index in [9.17, 15) is 0 Å². The van der Waals surface area contributed by atoms with Gasteiger partial charge in [0.05, 0.1) is 3.57 Å². The Morgan fingerprint density at radius 2 is 2.05 bits per heavy atom. The van der Waals surface area contributed by atoms with E-state index in [1.54, 1.807) is 6.20 Å². The first-order valence-electron chi connectivity index (χ1n) is 6.32. The van der Waals surface area contributed by atoms with Gasteiger partial charge in [-0.3, -0.25) is 0 Å². The molecule has 19 heavy (non-hydrogen) atoms. The van der Waals surface area contributed by atoms with Crippen LogP contribution >= 0.6 is 22.6 Å². The van der Waals surface area contributed by atoms with Gasteiger partial charge >= 0.3 is 0 Å². The number of rotatable bonds is 5. The lowest BCUT2D eigenvalue weighted by atomic mass is 10.1. The number of nitrogens with two attached hydrogens (primary N) is 1.